The second kappa shape index (κ2) is 5.79. The van der Waals surface area contributed by atoms with Gasteiger partial charge < -0.3 is 9.88 Å². The molecule has 0 spiro atoms. The van der Waals surface area contributed by atoms with Gasteiger partial charge >= 0.3 is 0 Å². The van der Waals surface area contributed by atoms with E-state index in [2.05, 4.69) is 16.9 Å². The molecule has 0 atom stereocenters. The lowest BCUT2D eigenvalue weighted by atomic mass is 9.94. The van der Waals surface area contributed by atoms with Gasteiger partial charge in [-0.05, 0) is 69.0 Å². The van der Waals surface area contributed by atoms with Crippen molar-refractivity contribution in [2.45, 2.75) is 25.8 Å². The summed E-state index contributed by atoms with van der Waals surface area (Å²) in [6.45, 7) is 3.06. The lowest BCUT2D eigenvalue weighted by Crippen LogP contribution is -2.31. The summed E-state index contributed by atoms with van der Waals surface area (Å²) in [5, 5.41) is 2.69. The Bertz CT molecular complexity index is 707. The molecule has 1 N–H and O–H groups in total. The normalized spacial score (nSPS) is 17.9. The van der Waals surface area contributed by atoms with Crippen molar-refractivity contribution in [3.8, 4) is 0 Å². The molecule has 1 fully saturated rings. The topological polar surface area (TPSA) is 41.0 Å². The van der Waals surface area contributed by atoms with E-state index in [1.807, 2.05) is 11.4 Å². The second-order valence-electron chi connectivity index (χ2n) is 5.59. The first kappa shape index (κ1) is 14.0. The van der Waals surface area contributed by atoms with Gasteiger partial charge in [-0.1, -0.05) is 0 Å². The fourth-order valence-electron chi connectivity index (χ4n) is 2.84. The van der Waals surface area contributed by atoms with Crippen LogP contribution in [0.25, 0.3) is 10.2 Å². The molecule has 2 aromatic rings. The number of aromatic nitrogens is 2. The molecule has 1 saturated heterocycles. The molecule has 1 aliphatic rings. The summed E-state index contributed by atoms with van der Waals surface area (Å²) < 4.78 is 2.28. The van der Waals surface area contributed by atoms with Gasteiger partial charge in [0.25, 0.3) is 5.56 Å². The highest BCUT2D eigenvalue weighted by Gasteiger charge is 2.17. The van der Waals surface area contributed by atoms with E-state index in [4.69, 9.17) is 12.2 Å². The van der Waals surface area contributed by atoms with Crippen LogP contribution in [0.2, 0.25) is 0 Å². The van der Waals surface area contributed by atoms with Crippen LogP contribution in [-0.4, -0.2) is 34.6 Å². The molecule has 6 heteroatoms. The number of fused-ring (bicyclic) bond motifs is 1. The smallest absolute Gasteiger partial charge is 0.263 e. The number of hydrogen-bond donors (Lipinski definition) is 1. The lowest BCUT2D eigenvalue weighted by molar-refractivity contribution is 0.207. The first-order chi connectivity index (χ1) is 9.65. The summed E-state index contributed by atoms with van der Waals surface area (Å²) in [5.74, 6) is 0.714. The molecule has 0 aromatic carbocycles. The van der Waals surface area contributed by atoms with E-state index in [-0.39, 0.29) is 5.56 Å². The van der Waals surface area contributed by atoms with Crippen LogP contribution < -0.4 is 5.56 Å². The maximum absolute atomic E-state index is 12.4. The average molecular weight is 309 g/mol. The first-order valence-electron chi connectivity index (χ1n) is 7.04. The third-order valence-electron chi connectivity index (χ3n) is 4.21. The summed E-state index contributed by atoms with van der Waals surface area (Å²) in [6, 6.07) is 1.87. The van der Waals surface area contributed by atoms with Crippen molar-refractivity contribution in [3.63, 3.8) is 0 Å². The van der Waals surface area contributed by atoms with Gasteiger partial charge in [0.2, 0.25) is 0 Å². The van der Waals surface area contributed by atoms with Crippen molar-refractivity contribution in [1.82, 2.24) is 14.5 Å². The van der Waals surface area contributed by atoms with Crippen LogP contribution in [-0.2, 0) is 6.54 Å². The molecule has 1 aliphatic heterocycles. The maximum Gasteiger partial charge on any atom is 0.263 e. The van der Waals surface area contributed by atoms with Gasteiger partial charge in [-0.25, -0.2) is 0 Å². The zero-order valence-electron chi connectivity index (χ0n) is 11.6. The van der Waals surface area contributed by atoms with Gasteiger partial charge in [-0.3, -0.25) is 9.36 Å². The minimum absolute atomic E-state index is 0.0536. The molecule has 4 nitrogen and oxygen atoms in total. The van der Waals surface area contributed by atoms with E-state index in [0.29, 0.717) is 10.7 Å². The summed E-state index contributed by atoms with van der Waals surface area (Å²) in [6.07, 6.45) is 3.49. The van der Waals surface area contributed by atoms with Gasteiger partial charge in [-0.15, -0.1) is 11.3 Å². The highest BCUT2D eigenvalue weighted by molar-refractivity contribution is 7.71. The lowest BCUT2D eigenvalue weighted by Gasteiger charge is -2.28. The Morgan fingerprint density at radius 2 is 2.20 bits per heavy atom. The number of H-pyrrole nitrogens is 1. The molecule has 0 radical (unpaired) electrons. The zero-order chi connectivity index (χ0) is 14.1. The van der Waals surface area contributed by atoms with Crippen LogP contribution >= 0.6 is 23.6 Å². The number of rotatable bonds is 3. The van der Waals surface area contributed by atoms with Gasteiger partial charge in [0, 0.05) is 6.54 Å². The van der Waals surface area contributed by atoms with Crippen LogP contribution in [0.5, 0.6) is 0 Å². The molecular weight excluding hydrogens is 290 g/mol. The first-order valence-corrected chi connectivity index (χ1v) is 8.33. The van der Waals surface area contributed by atoms with Crippen LogP contribution in [0, 0.1) is 10.7 Å². The number of aromatic amines is 1. The third kappa shape index (κ3) is 2.73. The Morgan fingerprint density at radius 3 is 2.95 bits per heavy atom. The van der Waals surface area contributed by atoms with E-state index < -0.39 is 0 Å². The fraction of sp³-hybridized carbons (Fsp3) is 0.571. The molecule has 0 unspecified atom stereocenters. The quantitative estimate of drug-likeness (QED) is 0.886. The highest BCUT2D eigenvalue weighted by Crippen LogP contribution is 2.20. The molecule has 0 aliphatic carbocycles. The molecule has 0 bridgehead atoms. The van der Waals surface area contributed by atoms with E-state index >= 15 is 0 Å². The Morgan fingerprint density at radius 1 is 1.45 bits per heavy atom. The Hall–Kier alpha value is -0.980. The minimum Gasteiger partial charge on any atom is -0.323 e. The van der Waals surface area contributed by atoms with Crippen LogP contribution in [0.15, 0.2) is 16.2 Å². The van der Waals surface area contributed by atoms with Crippen molar-refractivity contribution in [2.75, 3.05) is 20.1 Å². The predicted octanol–water partition coefficient (Wildman–Crippen LogP) is 2.85. The molecule has 2 aromatic heterocycles. The largest absolute Gasteiger partial charge is 0.323 e. The summed E-state index contributed by atoms with van der Waals surface area (Å²) in [4.78, 5) is 18.8. The number of hydrogen-bond acceptors (Lipinski definition) is 4. The van der Waals surface area contributed by atoms with E-state index in [0.717, 1.165) is 36.3 Å². The molecule has 0 saturated carbocycles. The number of nitrogens with one attached hydrogen (secondary N) is 1. The number of likely N-dealkylation sites (tertiary alicyclic amines) is 1. The molecule has 3 rings (SSSR count). The number of nitrogens with zero attached hydrogens (tertiary/aromatic N) is 2. The van der Waals surface area contributed by atoms with Crippen molar-refractivity contribution in [3.05, 3.63) is 26.6 Å². The standard InChI is InChI=1S/C14H19N3OS2/c1-16-6-2-10(3-7-16)4-8-17-13(18)11-5-9-20-12(11)15-14(17)19/h5,9-10H,2-4,6-8H2,1H3,(H,15,19). The molecular formula is C14H19N3OS2. The van der Waals surface area contributed by atoms with Crippen molar-refractivity contribution in [1.29, 1.82) is 0 Å². The van der Waals surface area contributed by atoms with E-state index in [1.165, 1.54) is 24.2 Å². The van der Waals surface area contributed by atoms with E-state index in [9.17, 15) is 4.79 Å². The average Bonchev–Trinajstić information content (AvgIpc) is 2.89. The molecule has 0 amide bonds. The predicted molar refractivity (Wildman–Crippen MR) is 86.1 cm³/mol. The van der Waals surface area contributed by atoms with Crippen LogP contribution in [0.3, 0.4) is 0 Å². The third-order valence-corrected chi connectivity index (χ3v) is 5.36. The van der Waals surface area contributed by atoms with E-state index in [1.54, 1.807) is 4.57 Å². The fourth-order valence-corrected chi connectivity index (χ4v) is 3.96. The highest BCUT2D eigenvalue weighted by atomic mass is 32.1. The van der Waals surface area contributed by atoms with Crippen LogP contribution in [0.1, 0.15) is 19.3 Å². The Labute approximate surface area is 127 Å². The van der Waals surface area contributed by atoms with Gasteiger partial charge in [0.15, 0.2) is 4.77 Å². The van der Waals surface area contributed by atoms with Gasteiger partial charge in [0.1, 0.15) is 4.83 Å². The van der Waals surface area contributed by atoms with Crippen molar-refractivity contribution >= 4 is 33.8 Å². The second-order valence-corrected chi connectivity index (χ2v) is 6.89. The monoisotopic (exact) mass is 309 g/mol. The zero-order valence-corrected chi connectivity index (χ0v) is 13.2. The maximum atomic E-state index is 12.4. The molecule has 108 valence electrons. The minimum atomic E-state index is 0.0536. The van der Waals surface area contributed by atoms with Crippen molar-refractivity contribution < 1.29 is 0 Å². The summed E-state index contributed by atoms with van der Waals surface area (Å²) in [5.41, 5.74) is 0.0536. The number of piperidine rings is 1. The number of thiophene rings is 1. The van der Waals surface area contributed by atoms with Crippen molar-refractivity contribution in [2.24, 2.45) is 5.92 Å². The molecule has 3 heterocycles. The van der Waals surface area contributed by atoms with Gasteiger partial charge in [-0.2, -0.15) is 0 Å². The Balaban J connectivity index is 1.77. The molecule has 20 heavy (non-hydrogen) atoms. The van der Waals surface area contributed by atoms with Gasteiger partial charge in [0.05, 0.1) is 5.39 Å². The van der Waals surface area contributed by atoms with Crippen LogP contribution in [0.4, 0.5) is 0 Å². The summed E-state index contributed by atoms with van der Waals surface area (Å²) >= 11 is 6.85. The Kier molecular flexibility index (Phi) is 4.05. The summed E-state index contributed by atoms with van der Waals surface area (Å²) in [7, 11) is 2.17. The SMILES string of the molecule is CN1CCC(CCn2c(=S)[nH]c3sccc3c2=O)CC1.